The predicted molar refractivity (Wildman–Crippen MR) is 101 cm³/mol. The molecule has 6 heteroatoms. The molecular weight excluding hydrogens is 350 g/mol. The van der Waals surface area contributed by atoms with Crippen LogP contribution in [0.2, 0.25) is 5.02 Å². The minimum Gasteiger partial charge on any atom is -0.486 e. The summed E-state index contributed by atoms with van der Waals surface area (Å²) in [6, 6.07) is 5.60. The Morgan fingerprint density at radius 1 is 1.08 bits per heavy atom. The lowest BCUT2D eigenvalue weighted by Gasteiger charge is -2.44. The third-order valence-corrected chi connectivity index (χ3v) is 5.71. The zero-order valence-electron chi connectivity index (χ0n) is 15.3. The Kier molecular flexibility index (Phi) is 4.14. The van der Waals surface area contributed by atoms with Crippen LogP contribution in [0.15, 0.2) is 18.2 Å². The van der Waals surface area contributed by atoms with E-state index >= 15 is 0 Å². The number of hydrogen-bond donors (Lipinski definition) is 0. The molecule has 2 aliphatic heterocycles. The first-order valence-electron chi connectivity index (χ1n) is 8.95. The molecule has 1 aromatic heterocycles. The molecule has 0 aliphatic carbocycles. The van der Waals surface area contributed by atoms with Crippen molar-refractivity contribution in [2.45, 2.75) is 45.6 Å². The molecule has 0 N–H and O–H groups in total. The maximum Gasteiger partial charge on any atom is 0.225 e. The summed E-state index contributed by atoms with van der Waals surface area (Å²) in [5.41, 5.74) is 3.04. The number of aromatic nitrogens is 2. The molecule has 0 unspecified atom stereocenters. The van der Waals surface area contributed by atoms with E-state index in [1.807, 2.05) is 32.9 Å². The monoisotopic (exact) mass is 371 g/mol. The number of piperidine rings is 1. The van der Waals surface area contributed by atoms with Gasteiger partial charge in [-0.15, -0.1) is 0 Å². The Morgan fingerprint density at radius 2 is 1.73 bits per heavy atom. The van der Waals surface area contributed by atoms with Gasteiger partial charge in [-0.1, -0.05) is 11.6 Å². The van der Waals surface area contributed by atoms with Crippen LogP contribution >= 0.6 is 11.6 Å². The largest absolute Gasteiger partial charge is 0.486 e. The molecule has 0 radical (unpaired) electrons. The van der Waals surface area contributed by atoms with Gasteiger partial charge in [0.2, 0.25) is 5.95 Å². The quantitative estimate of drug-likeness (QED) is 0.756. The first-order chi connectivity index (χ1) is 12.3. The van der Waals surface area contributed by atoms with Crippen LogP contribution in [-0.4, -0.2) is 34.4 Å². The Hall–Kier alpha value is -2.14. The third kappa shape index (κ3) is 3.05. The van der Waals surface area contributed by atoms with Gasteiger partial charge in [0, 0.05) is 42.3 Å². The second-order valence-corrected chi connectivity index (χ2v) is 7.83. The van der Waals surface area contributed by atoms with E-state index in [-0.39, 0.29) is 5.78 Å². The van der Waals surface area contributed by atoms with Crippen molar-refractivity contribution in [3.63, 3.8) is 0 Å². The van der Waals surface area contributed by atoms with Crippen LogP contribution < -0.4 is 9.64 Å². The number of carbonyl (C=O) groups excluding carboxylic acids is 1. The summed E-state index contributed by atoms with van der Waals surface area (Å²) >= 11 is 6.17. The summed E-state index contributed by atoms with van der Waals surface area (Å²) in [5, 5.41) is 0.610. The van der Waals surface area contributed by atoms with E-state index < -0.39 is 5.60 Å². The van der Waals surface area contributed by atoms with E-state index in [4.69, 9.17) is 16.3 Å². The molecule has 0 saturated carbocycles. The van der Waals surface area contributed by atoms with Crippen LogP contribution in [0.1, 0.15) is 46.6 Å². The Labute approximate surface area is 158 Å². The lowest BCUT2D eigenvalue weighted by atomic mass is 9.82. The molecule has 3 heterocycles. The van der Waals surface area contributed by atoms with Crippen molar-refractivity contribution in [2.24, 2.45) is 0 Å². The van der Waals surface area contributed by atoms with Gasteiger partial charge in [0.05, 0.1) is 12.0 Å². The summed E-state index contributed by atoms with van der Waals surface area (Å²) in [4.78, 5) is 24.0. The molecule has 0 bridgehead atoms. The highest BCUT2D eigenvalue weighted by Crippen LogP contribution is 2.41. The standard InChI is InChI=1S/C20H22ClN3O2/c1-12-8-18-15(10-16(12)21)17(25)11-20(26-18)4-6-24(7-5-20)19-22-13(2)9-14(3)23-19/h8-10H,4-7,11H2,1-3H3. The zero-order chi connectivity index (χ0) is 18.5. The second-order valence-electron chi connectivity index (χ2n) is 7.42. The number of fused-ring (bicyclic) bond motifs is 1. The van der Waals surface area contributed by atoms with Gasteiger partial charge in [0.25, 0.3) is 0 Å². The first kappa shape index (κ1) is 17.3. The zero-order valence-corrected chi connectivity index (χ0v) is 16.1. The number of halogens is 1. The molecule has 1 spiro atoms. The van der Waals surface area contributed by atoms with Crippen molar-refractivity contribution in [3.05, 3.63) is 45.7 Å². The fraction of sp³-hybridized carbons (Fsp3) is 0.450. The molecule has 5 nitrogen and oxygen atoms in total. The maximum absolute atomic E-state index is 12.7. The molecule has 136 valence electrons. The molecule has 0 atom stereocenters. The van der Waals surface area contributed by atoms with Crippen molar-refractivity contribution in [2.75, 3.05) is 18.0 Å². The molecule has 4 rings (SSSR count). The minimum absolute atomic E-state index is 0.115. The summed E-state index contributed by atoms with van der Waals surface area (Å²) in [6.07, 6.45) is 1.95. The minimum atomic E-state index is -0.431. The van der Waals surface area contributed by atoms with E-state index in [1.54, 1.807) is 6.07 Å². The summed E-state index contributed by atoms with van der Waals surface area (Å²) in [6.45, 7) is 7.45. The average molecular weight is 372 g/mol. The number of anilines is 1. The SMILES string of the molecule is Cc1cc(C)nc(N2CCC3(CC2)CC(=O)c2cc(Cl)c(C)cc2O3)n1. The molecule has 2 aliphatic rings. The van der Waals surface area contributed by atoms with Gasteiger partial charge in [-0.2, -0.15) is 0 Å². The average Bonchev–Trinajstić information content (AvgIpc) is 2.57. The van der Waals surface area contributed by atoms with E-state index in [9.17, 15) is 4.79 Å². The van der Waals surface area contributed by atoms with Gasteiger partial charge in [-0.25, -0.2) is 9.97 Å². The van der Waals surface area contributed by atoms with Crippen LogP contribution in [0.4, 0.5) is 5.95 Å². The highest BCUT2D eigenvalue weighted by atomic mass is 35.5. The van der Waals surface area contributed by atoms with Gasteiger partial charge >= 0.3 is 0 Å². The maximum atomic E-state index is 12.7. The molecule has 1 aromatic carbocycles. The Morgan fingerprint density at radius 3 is 2.38 bits per heavy atom. The highest BCUT2D eigenvalue weighted by Gasteiger charge is 2.43. The van der Waals surface area contributed by atoms with Crippen molar-refractivity contribution in [1.82, 2.24) is 9.97 Å². The highest BCUT2D eigenvalue weighted by molar-refractivity contribution is 6.31. The predicted octanol–water partition coefficient (Wildman–Crippen LogP) is 4.06. The van der Waals surface area contributed by atoms with E-state index in [2.05, 4.69) is 14.9 Å². The Balaban J connectivity index is 1.55. The second kappa shape index (κ2) is 6.23. The molecular formula is C20H22ClN3O2. The number of benzene rings is 1. The smallest absolute Gasteiger partial charge is 0.225 e. The summed E-state index contributed by atoms with van der Waals surface area (Å²) in [7, 11) is 0. The third-order valence-electron chi connectivity index (χ3n) is 5.30. The normalized spacial score (nSPS) is 18.6. The van der Waals surface area contributed by atoms with Gasteiger partial charge in [-0.05, 0) is 44.5 Å². The van der Waals surface area contributed by atoms with Crippen LogP contribution in [0.5, 0.6) is 5.75 Å². The first-order valence-corrected chi connectivity index (χ1v) is 9.33. The summed E-state index contributed by atoms with van der Waals surface area (Å²) in [5.74, 6) is 1.55. The van der Waals surface area contributed by atoms with Gasteiger partial charge in [0.15, 0.2) is 5.78 Å². The van der Waals surface area contributed by atoms with Crippen molar-refractivity contribution < 1.29 is 9.53 Å². The molecule has 0 amide bonds. The van der Waals surface area contributed by atoms with E-state index in [0.29, 0.717) is 22.8 Å². The fourth-order valence-electron chi connectivity index (χ4n) is 3.86. The number of hydrogen-bond acceptors (Lipinski definition) is 5. The fourth-order valence-corrected chi connectivity index (χ4v) is 4.02. The van der Waals surface area contributed by atoms with Crippen molar-refractivity contribution in [1.29, 1.82) is 0 Å². The number of ether oxygens (including phenoxy) is 1. The molecule has 26 heavy (non-hydrogen) atoms. The topological polar surface area (TPSA) is 55.3 Å². The molecule has 1 saturated heterocycles. The van der Waals surface area contributed by atoms with E-state index in [1.165, 1.54) is 0 Å². The summed E-state index contributed by atoms with van der Waals surface area (Å²) < 4.78 is 6.35. The van der Waals surface area contributed by atoms with Gasteiger partial charge in [0.1, 0.15) is 11.4 Å². The number of aryl methyl sites for hydroxylation is 3. The van der Waals surface area contributed by atoms with Crippen LogP contribution in [0.3, 0.4) is 0 Å². The van der Waals surface area contributed by atoms with Crippen LogP contribution in [0.25, 0.3) is 0 Å². The number of carbonyl (C=O) groups is 1. The van der Waals surface area contributed by atoms with Gasteiger partial charge < -0.3 is 9.64 Å². The van der Waals surface area contributed by atoms with Crippen LogP contribution in [-0.2, 0) is 0 Å². The number of rotatable bonds is 1. The Bertz CT molecular complexity index is 869. The van der Waals surface area contributed by atoms with Crippen LogP contribution in [0, 0.1) is 20.8 Å². The molecule has 2 aromatic rings. The van der Waals surface area contributed by atoms with Crippen molar-refractivity contribution in [3.8, 4) is 5.75 Å². The van der Waals surface area contributed by atoms with E-state index in [0.717, 1.165) is 48.8 Å². The number of Topliss-reactive ketones (excluding diaryl/α,β-unsaturated/α-hetero) is 1. The molecule has 1 fully saturated rings. The lowest BCUT2D eigenvalue weighted by Crippen LogP contribution is -2.51. The number of ketones is 1. The number of nitrogens with zero attached hydrogens (tertiary/aromatic N) is 3. The lowest BCUT2D eigenvalue weighted by molar-refractivity contribution is 0.0230. The van der Waals surface area contributed by atoms with Gasteiger partial charge in [-0.3, -0.25) is 4.79 Å². The van der Waals surface area contributed by atoms with Crippen molar-refractivity contribution >= 4 is 23.3 Å².